The van der Waals surface area contributed by atoms with E-state index in [1.165, 1.54) is 7.11 Å². The standard InChI is InChI=1S/C21H18O7/c1-25-15-11-9-14(10-12-15)21(13-7-5-4-6-8-13)17(20(24)27-3)16(18(22)26-2)19(23)28-21/h4-12H,1-3H3. The number of ether oxygens (including phenoxy) is 4. The van der Waals surface area contributed by atoms with E-state index in [2.05, 4.69) is 0 Å². The Hall–Kier alpha value is -3.61. The van der Waals surface area contributed by atoms with Gasteiger partial charge < -0.3 is 18.9 Å². The molecular formula is C21H18O7. The number of esters is 3. The first-order chi connectivity index (χ1) is 13.5. The van der Waals surface area contributed by atoms with Crippen LogP contribution in [0, 0.1) is 0 Å². The van der Waals surface area contributed by atoms with Crippen molar-refractivity contribution in [2.45, 2.75) is 5.60 Å². The summed E-state index contributed by atoms with van der Waals surface area (Å²) in [5.41, 5.74) is -1.46. The number of cyclic esters (lactones) is 1. The van der Waals surface area contributed by atoms with E-state index in [0.717, 1.165) is 14.2 Å². The summed E-state index contributed by atoms with van der Waals surface area (Å²) in [5, 5.41) is 0. The van der Waals surface area contributed by atoms with Gasteiger partial charge in [-0.05, 0) is 12.1 Å². The number of carbonyl (C=O) groups excluding carboxylic acids is 3. The molecule has 144 valence electrons. The Morgan fingerprint density at radius 1 is 0.821 bits per heavy atom. The van der Waals surface area contributed by atoms with Crippen LogP contribution in [0.3, 0.4) is 0 Å². The maximum Gasteiger partial charge on any atom is 0.347 e. The predicted octanol–water partition coefficient (Wildman–Crippen LogP) is 2.14. The highest BCUT2D eigenvalue weighted by Crippen LogP contribution is 2.47. The van der Waals surface area contributed by atoms with Crippen LogP contribution in [-0.2, 0) is 34.2 Å². The van der Waals surface area contributed by atoms with Crippen molar-refractivity contribution in [2.75, 3.05) is 21.3 Å². The Labute approximate surface area is 161 Å². The molecule has 0 saturated carbocycles. The summed E-state index contributed by atoms with van der Waals surface area (Å²) >= 11 is 0. The first kappa shape index (κ1) is 19.2. The van der Waals surface area contributed by atoms with Crippen LogP contribution in [0.15, 0.2) is 65.7 Å². The molecule has 1 heterocycles. The van der Waals surface area contributed by atoms with Gasteiger partial charge >= 0.3 is 17.9 Å². The molecule has 0 saturated heterocycles. The van der Waals surface area contributed by atoms with Crippen LogP contribution >= 0.6 is 0 Å². The molecule has 7 nitrogen and oxygen atoms in total. The van der Waals surface area contributed by atoms with Crippen molar-refractivity contribution in [3.05, 3.63) is 76.9 Å². The van der Waals surface area contributed by atoms with E-state index in [9.17, 15) is 14.4 Å². The molecule has 3 rings (SSSR count). The van der Waals surface area contributed by atoms with Crippen molar-refractivity contribution in [1.29, 1.82) is 0 Å². The molecule has 1 unspecified atom stereocenters. The third-order valence-corrected chi connectivity index (χ3v) is 4.51. The second kappa shape index (κ2) is 7.56. The Balaban J connectivity index is 2.38. The van der Waals surface area contributed by atoms with Crippen molar-refractivity contribution in [3.63, 3.8) is 0 Å². The van der Waals surface area contributed by atoms with Crippen LogP contribution < -0.4 is 4.74 Å². The van der Waals surface area contributed by atoms with Crippen LogP contribution in [0.25, 0.3) is 0 Å². The van der Waals surface area contributed by atoms with E-state index in [-0.39, 0.29) is 5.57 Å². The van der Waals surface area contributed by atoms with Crippen molar-refractivity contribution < 1.29 is 33.3 Å². The maximum absolute atomic E-state index is 12.7. The Morgan fingerprint density at radius 3 is 1.93 bits per heavy atom. The second-order valence-electron chi connectivity index (χ2n) is 5.90. The van der Waals surface area contributed by atoms with E-state index in [1.54, 1.807) is 54.6 Å². The van der Waals surface area contributed by atoms with Crippen LogP contribution in [0.1, 0.15) is 11.1 Å². The quantitative estimate of drug-likeness (QED) is 0.445. The van der Waals surface area contributed by atoms with Crippen LogP contribution in [0.4, 0.5) is 0 Å². The lowest BCUT2D eigenvalue weighted by atomic mass is 9.79. The van der Waals surface area contributed by atoms with Crippen LogP contribution in [-0.4, -0.2) is 39.2 Å². The Morgan fingerprint density at radius 2 is 1.39 bits per heavy atom. The van der Waals surface area contributed by atoms with Crippen LogP contribution in [0.2, 0.25) is 0 Å². The predicted molar refractivity (Wildman–Crippen MR) is 97.4 cm³/mol. The highest BCUT2D eigenvalue weighted by Gasteiger charge is 2.56. The molecule has 0 fully saturated rings. The number of carbonyl (C=O) groups is 3. The molecule has 0 radical (unpaired) electrons. The highest BCUT2D eigenvalue weighted by molar-refractivity contribution is 6.22. The summed E-state index contributed by atoms with van der Waals surface area (Å²) < 4.78 is 20.5. The van der Waals surface area contributed by atoms with Crippen molar-refractivity contribution in [2.24, 2.45) is 0 Å². The molecule has 0 amide bonds. The fourth-order valence-corrected chi connectivity index (χ4v) is 3.23. The fraction of sp³-hybridized carbons (Fsp3) is 0.190. The summed E-state index contributed by atoms with van der Waals surface area (Å²) in [7, 11) is 3.80. The molecular weight excluding hydrogens is 364 g/mol. The largest absolute Gasteiger partial charge is 0.497 e. The van der Waals surface area contributed by atoms with Crippen molar-refractivity contribution >= 4 is 17.9 Å². The number of hydrogen-bond acceptors (Lipinski definition) is 7. The first-order valence-corrected chi connectivity index (χ1v) is 8.34. The minimum atomic E-state index is -1.67. The Bertz CT molecular complexity index is 944. The van der Waals surface area contributed by atoms with E-state index >= 15 is 0 Å². The molecule has 1 aliphatic heterocycles. The maximum atomic E-state index is 12.7. The third kappa shape index (κ3) is 2.90. The topological polar surface area (TPSA) is 88.1 Å². The lowest BCUT2D eigenvalue weighted by Crippen LogP contribution is -2.34. The lowest BCUT2D eigenvalue weighted by Gasteiger charge is -2.31. The van der Waals surface area contributed by atoms with Crippen molar-refractivity contribution in [1.82, 2.24) is 0 Å². The zero-order chi connectivity index (χ0) is 20.3. The molecule has 2 aromatic rings. The zero-order valence-corrected chi connectivity index (χ0v) is 15.6. The summed E-state index contributed by atoms with van der Waals surface area (Å²) in [6.45, 7) is 0. The monoisotopic (exact) mass is 382 g/mol. The van der Waals surface area contributed by atoms with Gasteiger partial charge in [-0.2, -0.15) is 0 Å². The van der Waals surface area contributed by atoms with Gasteiger partial charge in [0.2, 0.25) is 0 Å². The lowest BCUT2D eigenvalue weighted by molar-refractivity contribution is -0.148. The van der Waals surface area contributed by atoms with E-state index in [0.29, 0.717) is 16.9 Å². The second-order valence-corrected chi connectivity index (χ2v) is 5.90. The van der Waals surface area contributed by atoms with Crippen LogP contribution in [0.5, 0.6) is 5.75 Å². The van der Waals surface area contributed by atoms with Gasteiger partial charge in [-0.3, -0.25) is 0 Å². The average molecular weight is 382 g/mol. The Kier molecular flexibility index (Phi) is 5.17. The smallest absolute Gasteiger partial charge is 0.347 e. The van der Waals surface area contributed by atoms with Gasteiger partial charge in [0.05, 0.1) is 21.3 Å². The van der Waals surface area contributed by atoms with E-state index in [4.69, 9.17) is 18.9 Å². The molecule has 2 aromatic carbocycles. The fourth-order valence-electron chi connectivity index (χ4n) is 3.23. The van der Waals surface area contributed by atoms with Crippen molar-refractivity contribution in [3.8, 4) is 5.75 Å². The molecule has 0 bridgehead atoms. The normalized spacial score (nSPS) is 18.5. The molecule has 0 spiro atoms. The van der Waals surface area contributed by atoms with Gasteiger partial charge in [0.1, 0.15) is 11.3 Å². The summed E-state index contributed by atoms with van der Waals surface area (Å²) in [6.07, 6.45) is 0. The van der Waals surface area contributed by atoms with Gasteiger partial charge in [0.15, 0.2) is 11.2 Å². The van der Waals surface area contributed by atoms with E-state index < -0.39 is 29.1 Å². The molecule has 0 N–H and O–H groups in total. The third-order valence-electron chi connectivity index (χ3n) is 4.51. The minimum absolute atomic E-state index is 0.233. The molecule has 0 aliphatic carbocycles. The SMILES string of the molecule is COC(=O)C1=C(C(=O)OC)C(c2ccccc2)(c2ccc(OC)cc2)OC1=O. The summed E-state index contributed by atoms with van der Waals surface area (Å²) in [5.74, 6) is -2.23. The average Bonchev–Trinajstić information content (AvgIpc) is 3.07. The number of benzene rings is 2. The van der Waals surface area contributed by atoms with E-state index in [1.807, 2.05) is 0 Å². The van der Waals surface area contributed by atoms with Gasteiger partial charge in [0.25, 0.3) is 0 Å². The number of rotatable bonds is 5. The first-order valence-electron chi connectivity index (χ1n) is 8.34. The summed E-state index contributed by atoms with van der Waals surface area (Å²) in [6, 6.07) is 15.3. The minimum Gasteiger partial charge on any atom is -0.497 e. The highest BCUT2D eigenvalue weighted by atomic mass is 16.6. The molecule has 28 heavy (non-hydrogen) atoms. The van der Waals surface area contributed by atoms with Gasteiger partial charge in [-0.25, -0.2) is 14.4 Å². The number of hydrogen-bond donors (Lipinski definition) is 0. The van der Waals surface area contributed by atoms with Gasteiger partial charge in [-0.15, -0.1) is 0 Å². The zero-order valence-electron chi connectivity index (χ0n) is 15.6. The molecule has 7 heteroatoms. The number of methoxy groups -OCH3 is 3. The molecule has 1 aliphatic rings. The molecule has 1 atom stereocenters. The summed E-state index contributed by atoms with van der Waals surface area (Å²) in [4.78, 5) is 37.7. The van der Waals surface area contributed by atoms with Gasteiger partial charge in [-0.1, -0.05) is 42.5 Å². The van der Waals surface area contributed by atoms with Gasteiger partial charge in [0, 0.05) is 11.1 Å². The molecule has 0 aromatic heterocycles.